The molecule has 2 rings (SSSR count). The van der Waals surface area contributed by atoms with Crippen molar-refractivity contribution in [2.75, 3.05) is 6.61 Å². The van der Waals surface area contributed by atoms with E-state index in [1.54, 1.807) is 6.07 Å². The maximum Gasteiger partial charge on any atom is 0.276 e. The number of carbonyl (C=O) groups is 2. The Hall–Kier alpha value is -2.78. The van der Waals surface area contributed by atoms with Crippen LogP contribution in [0.4, 0.5) is 4.39 Å². The van der Waals surface area contributed by atoms with Gasteiger partial charge in [-0.15, -0.1) is 0 Å². The standard InChI is InChI=1S/C21H21BrFN3O3S/c1-13(2)15-6-9-18(17(22)11-15)29-12-20(28)25-26-21(30)24-19(27)10-5-14-3-7-16(23)8-4-14/h3-11,13H,12H2,1-2H3,(H,25,28)(H2,24,26,27,30). The van der Waals surface area contributed by atoms with Gasteiger partial charge in [-0.1, -0.05) is 32.0 Å². The molecule has 0 saturated heterocycles. The third-order valence-corrected chi connectivity index (χ3v) is 4.65. The molecule has 0 unspecified atom stereocenters. The van der Waals surface area contributed by atoms with Crippen LogP contribution in [-0.2, 0) is 9.59 Å². The molecule has 3 N–H and O–H groups in total. The second-order valence-corrected chi connectivity index (χ2v) is 7.77. The van der Waals surface area contributed by atoms with Crippen LogP contribution >= 0.6 is 28.1 Å². The zero-order valence-electron chi connectivity index (χ0n) is 16.4. The number of carbonyl (C=O) groups excluding carboxylic acids is 2. The van der Waals surface area contributed by atoms with Crippen LogP contribution in [0.25, 0.3) is 6.08 Å². The van der Waals surface area contributed by atoms with Gasteiger partial charge in [0.25, 0.3) is 5.91 Å². The first kappa shape index (κ1) is 23.5. The van der Waals surface area contributed by atoms with Crippen molar-refractivity contribution >= 4 is 51.2 Å². The molecular formula is C21H21BrFN3O3S. The molecule has 0 saturated carbocycles. The molecular weight excluding hydrogens is 473 g/mol. The van der Waals surface area contributed by atoms with Crippen molar-refractivity contribution in [3.05, 3.63) is 70.0 Å². The molecule has 2 aromatic carbocycles. The van der Waals surface area contributed by atoms with Gasteiger partial charge in [-0.2, -0.15) is 0 Å². The van der Waals surface area contributed by atoms with Crippen molar-refractivity contribution in [3.8, 4) is 5.75 Å². The third-order valence-electron chi connectivity index (χ3n) is 3.83. The zero-order chi connectivity index (χ0) is 22.1. The quantitative estimate of drug-likeness (QED) is 0.323. The molecule has 0 heterocycles. The fourth-order valence-electron chi connectivity index (χ4n) is 2.23. The van der Waals surface area contributed by atoms with E-state index in [2.05, 4.69) is 45.9 Å². The van der Waals surface area contributed by atoms with E-state index in [0.29, 0.717) is 17.2 Å². The second kappa shape index (κ2) is 11.4. The van der Waals surface area contributed by atoms with Gasteiger partial charge in [0.1, 0.15) is 11.6 Å². The highest BCUT2D eigenvalue weighted by atomic mass is 79.9. The third kappa shape index (κ3) is 7.92. The Morgan fingerprint density at radius 3 is 2.50 bits per heavy atom. The molecule has 0 radical (unpaired) electrons. The molecule has 0 atom stereocenters. The molecule has 9 heteroatoms. The van der Waals surface area contributed by atoms with Crippen molar-refractivity contribution in [1.82, 2.24) is 16.2 Å². The highest BCUT2D eigenvalue weighted by molar-refractivity contribution is 9.10. The van der Waals surface area contributed by atoms with Crippen molar-refractivity contribution in [2.24, 2.45) is 0 Å². The number of benzene rings is 2. The Labute approximate surface area is 188 Å². The normalized spacial score (nSPS) is 10.7. The summed E-state index contributed by atoms with van der Waals surface area (Å²) in [5, 5.41) is 2.29. The summed E-state index contributed by atoms with van der Waals surface area (Å²) in [6.45, 7) is 3.93. The van der Waals surface area contributed by atoms with E-state index in [1.807, 2.05) is 12.1 Å². The van der Waals surface area contributed by atoms with Gasteiger partial charge in [-0.05, 0) is 75.5 Å². The SMILES string of the molecule is CC(C)c1ccc(OCC(=O)NNC(=S)NC(=O)C=Cc2ccc(F)cc2)c(Br)c1. The molecule has 0 aromatic heterocycles. The number of hydrazine groups is 1. The molecule has 0 spiro atoms. The molecule has 158 valence electrons. The van der Waals surface area contributed by atoms with Gasteiger partial charge in [0.05, 0.1) is 4.47 Å². The molecule has 6 nitrogen and oxygen atoms in total. The topological polar surface area (TPSA) is 79.5 Å². The first-order valence-electron chi connectivity index (χ1n) is 9.00. The first-order valence-corrected chi connectivity index (χ1v) is 10.2. The lowest BCUT2D eigenvalue weighted by molar-refractivity contribution is -0.123. The van der Waals surface area contributed by atoms with Crippen LogP contribution in [0.3, 0.4) is 0 Å². The van der Waals surface area contributed by atoms with Gasteiger partial charge < -0.3 is 4.74 Å². The van der Waals surface area contributed by atoms with Gasteiger partial charge in [0.2, 0.25) is 5.91 Å². The van der Waals surface area contributed by atoms with Crippen LogP contribution in [0.1, 0.15) is 30.9 Å². The van der Waals surface area contributed by atoms with Crippen molar-refractivity contribution in [1.29, 1.82) is 0 Å². The minimum atomic E-state index is -0.503. The largest absolute Gasteiger partial charge is 0.483 e. The molecule has 0 fully saturated rings. The first-order chi connectivity index (χ1) is 14.2. The lowest BCUT2D eigenvalue weighted by atomic mass is 10.0. The molecule has 0 aliphatic heterocycles. The maximum absolute atomic E-state index is 12.8. The number of halogens is 2. The zero-order valence-corrected chi connectivity index (χ0v) is 18.8. The summed E-state index contributed by atoms with van der Waals surface area (Å²) in [7, 11) is 0. The van der Waals surface area contributed by atoms with Crippen LogP contribution in [0, 0.1) is 5.82 Å². The van der Waals surface area contributed by atoms with E-state index in [-0.39, 0.29) is 17.5 Å². The average molecular weight is 494 g/mol. The summed E-state index contributed by atoms with van der Waals surface area (Å²) in [6, 6.07) is 11.3. The van der Waals surface area contributed by atoms with E-state index in [4.69, 9.17) is 17.0 Å². The Kier molecular flexibility index (Phi) is 8.94. The summed E-state index contributed by atoms with van der Waals surface area (Å²) in [5.41, 5.74) is 6.56. The number of hydrogen-bond donors (Lipinski definition) is 3. The minimum absolute atomic E-state index is 0.0837. The Balaban J connectivity index is 1.73. The van der Waals surface area contributed by atoms with Gasteiger partial charge >= 0.3 is 0 Å². The highest BCUT2D eigenvalue weighted by Crippen LogP contribution is 2.28. The summed E-state index contributed by atoms with van der Waals surface area (Å²) >= 11 is 8.37. The molecule has 2 amide bonds. The second-order valence-electron chi connectivity index (χ2n) is 6.51. The van der Waals surface area contributed by atoms with Gasteiger partial charge in [-0.25, -0.2) is 4.39 Å². The Bertz CT molecular complexity index is 949. The lowest BCUT2D eigenvalue weighted by Crippen LogP contribution is -2.49. The summed E-state index contributed by atoms with van der Waals surface area (Å²) in [4.78, 5) is 23.7. The fourth-order valence-corrected chi connectivity index (χ4v) is 2.89. The van der Waals surface area contributed by atoms with E-state index in [0.717, 1.165) is 10.0 Å². The van der Waals surface area contributed by atoms with Crippen LogP contribution < -0.4 is 20.9 Å². The van der Waals surface area contributed by atoms with Gasteiger partial charge in [-0.3, -0.25) is 25.8 Å². The fraction of sp³-hybridized carbons (Fsp3) is 0.190. The van der Waals surface area contributed by atoms with Crippen LogP contribution in [-0.4, -0.2) is 23.5 Å². The van der Waals surface area contributed by atoms with Crippen molar-refractivity contribution < 1.29 is 18.7 Å². The number of amides is 2. The monoisotopic (exact) mass is 493 g/mol. The van der Waals surface area contributed by atoms with Gasteiger partial charge in [0.15, 0.2) is 11.7 Å². The number of ether oxygens (including phenoxy) is 1. The summed E-state index contributed by atoms with van der Waals surface area (Å²) in [5.74, 6) is -0.424. The summed E-state index contributed by atoms with van der Waals surface area (Å²) < 4.78 is 19.1. The predicted molar refractivity (Wildman–Crippen MR) is 121 cm³/mol. The predicted octanol–water partition coefficient (Wildman–Crippen LogP) is 3.83. The van der Waals surface area contributed by atoms with Crippen LogP contribution in [0.15, 0.2) is 53.0 Å². The van der Waals surface area contributed by atoms with E-state index >= 15 is 0 Å². The molecule has 2 aromatic rings. The van der Waals surface area contributed by atoms with Crippen LogP contribution in [0.5, 0.6) is 5.75 Å². The smallest absolute Gasteiger partial charge is 0.276 e. The molecule has 30 heavy (non-hydrogen) atoms. The number of hydrogen-bond acceptors (Lipinski definition) is 4. The highest BCUT2D eigenvalue weighted by Gasteiger charge is 2.09. The van der Waals surface area contributed by atoms with Gasteiger partial charge in [0, 0.05) is 6.08 Å². The molecule has 0 bridgehead atoms. The number of nitrogens with one attached hydrogen (secondary N) is 3. The lowest BCUT2D eigenvalue weighted by Gasteiger charge is -2.12. The average Bonchev–Trinajstić information content (AvgIpc) is 2.70. The maximum atomic E-state index is 12.8. The van der Waals surface area contributed by atoms with E-state index < -0.39 is 11.8 Å². The number of rotatable bonds is 6. The van der Waals surface area contributed by atoms with E-state index in [1.165, 1.54) is 36.4 Å². The Morgan fingerprint density at radius 2 is 1.87 bits per heavy atom. The Morgan fingerprint density at radius 1 is 1.17 bits per heavy atom. The molecule has 0 aliphatic rings. The van der Waals surface area contributed by atoms with Crippen molar-refractivity contribution in [3.63, 3.8) is 0 Å². The number of thiocarbonyl (C=S) groups is 1. The van der Waals surface area contributed by atoms with Crippen LogP contribution in [0.2, 0.25) is 0 Å². The van der Waals surface area contributed by atoms with Crippen molar-refractivity contribution in [2.45, 2.75) is 19.8 Å². The van der Waals surface area contributed by atoms with E-state index in [9.17, 15) is 14.0 Å². The summed E-state index contributed by atoms with van der Waals surface area (Å²) in [6.07, 6.45) is 2.75. The minimum Gasteiger partial charge on any atom is -0.483 e. The molecule has 0 aliphatic carbocycles.